The first-order valence-electron chi connectivity index (χ1n) is 3.86. The van der Waals surface area contributed by atoms with Gasteiger partial charge in [0.2, 0.25) is 0 Å². The Bertz CT molecular complexity index is 65.3. The minimum atomic E-state index is 0.750. The summed E-state index contributed by atoms with van der Waals surface area (Å²) in [5.74, 6) is 0. The Hall–Kier alpha value is -0.0800. The van der Waals surface area contributed by atoms with Crippen LogP contribution in [0.4, 0.5) is 0 Å². The van der Waals surface area contributed by atoms with Crippen molar-refractivity contribution in [2.75, 3.05) is 19.8 Å². The summed E-state index contributed by atoms with van der Waals surface area (Å²) in [5, 5.41) is 0. The third kappa shape index (κ3) is 2.33. The van der Waals surface area contributed by atoms with Gasteiger partial charge >= 0.3 is 0 Å². The number of nitrogens with two attached hydrogens (primary N) is 1. The first kappa shape index (κ1) is 7.03. The van der Waals surface area contributed by atoms with Crippen LogP contribution in [-0.4, -0.2) is 24.7 Å². The van der Waals surface area contributed by atoms with E-state index in [2.05, 4.69) is 4.90 Å². The maximum absolute atomic E-state index is 5.50. The van der Waals surface area contributed by atoms with Crippen LogP contribution in [0.25, 0.3) is 0 Å². The van der Waals surface area contributed by atoms with Crippen LogP contribution in [0, 0.1) is 0 Å². The minimum Gasteiger partial charge on any atom is -0.318 e. The van der Waals surface area contributed by atoms with Crippen LogP contribution < -0.4 is 5.73 Å². The summed E-state index contributed by atoms with van der Waals surface area (Å²) in [5.41, 5.74) is 5.50. The fourth-order valence-electron chi connectivity index (χ4n) is 1.32. The van der Waals surface area contributed by atoms with Crippen molar-refractivity contribution < 1.29 is 0 Å². The molecule has 0 unspecified atom stereocenters. The largest absolute Gasteiger partial charge is 0.318 e. The van der Waals surface area contributed by atoms with Crippen molar-refractivity contribution in [1.29, 1.82) is 0 Å². The maximum atomic E-state index is 5.50. The van der Waals surface area contributed by atoms with E-state index in [1.807, 2.05) is 0 Å². The van der Waals surface area contributed by atoms with Crippen molar-refractivity contribution in [2.24, 2.45) is 5.73 Å². The molecule has 1 rings (SSSR count). The second kappa shape index (κ2) is 3.85. The third-order valence-electron chi connectivity index (χ3n) is 1.96. The number of hydrogen-bond donors (Lipinski definition) is 1. The molecule has 1 fully saturated rings. The summed E-state index contributed by atoms with van der Waals surface area (Å²) in [7, 11) is 0. The van der Waals surface area contributed by atoms with E-state index in [1.54, 1.807) is 0 Å². The average molecular weight is 128 g/mol. The molecule has 54 valence electrons. The summed E-state index contributed by atoms with van der Waals surface area (Å²) in [6.45, 7) is 3.19. The van der Waals surface area contributed by atoms with E-state index in [9.17, 15) is 0 Å². The summed E-state index contributed by atoms with van der Waals surface area (Å²) in [6, 6.07) is 0. The van der Waals surface area contributed by atoms with E-state index in [4.69, 9.17) is 5.73 Å². The molecule has 2 heteroatoms. The van der Waals surface area contributed by atoms with E-state index in [0.29, 0.717) is 0 Å². The highest BCUT2D eigenvalue weighted by atomic mass is 15.2. The van der Waals surface area contributed by atoms with Crippen molar-refractivity contribution in [3.8, 4) is 0 Å². The van der Waals surface area contributed by atoms with E-state index in [-0.39, 0.29) is 0 Å². The Morgan fingerprint density at radius 2 is 1.56 bits per heavy atom. The topological polar surface area (TPSA) is 29.3 Å². The highest BCUT2D eigenvalue weighted by Crippen LogP contribution is 2.07. The highest BCUT2D eigenvalue weighted by Gasteiger charge is 2.04. The zero-order chi connectivity index (χ0) is 6.53. The quantitative estimate of drug-likeness (QED) is 0.565. The van der Waals surface area contributed by atoms with Gasteiger partial charge in [-0.2, -0.15) is 0 Å². The monoisotopic (exact) mass is 128 g/mol. The molecule has 1 heterocycles. The van der Waals surface area contributed by atoms with Gasteiger partial charge in [-0.15, -0.1) is 0 Å². The van der Waals surface area contributed by atoms with Crippen molar-refractivity contribution >= 4 is 0 Å². The molecule has 0 saturated carbocycles. The van der Waals surface area contributed by atoms with Gasteiger partial charge in [-0.05, 0) is 25.9 Å². The third-order valence-corrected chi connectivity index (χ3v) is 1.96. The van der Waals surface area contributed by atoms with Crippen LogP contribution in [0.3, 0.4) is 0 Å². The van der Waals surface area contributed by atoms with Gasteiger partial charge in [0.1, 0.15) is 0 Å². The molecule has 9 heavy (non-hydrogen) atoms. The molecule has 0 atom stereocenters. The molecule has 0 aromatic carbocycles. The molecule has 0 aliphatic carbocycles. The standard InChI is InChI=1S/C7H16N2/c8-7-9-5-3-1-2-4-6-9/h1-8H2. The molecule has 0 amide bonds. The molecule has 0 spiro atoms. The predicted molar refractivity (Wildman–Crippen MR) is 39.1 cm³/mol. The SMILES string of the molecule is NCN1CCCCCC1. The normalized spacial score (nSPS) is 23.7. The molecule has 0 aromatic rings. The molecular formula is C7H16N2. The van der Waals surface area contributed by atoms with Crippen LogP contribution >= 0.6 is 0 Å². The molecule has 1 saturated heterocycles. The first-order valence-corrected chi connectivity index (χ1v) is 3.86. The Labute approximate surface area is 57.0 Å². The van der Waals surface area contributed by atoms with Crippen LogP contribution in [0.1, 0.15) is 25.7 Å². The van der Waals surface area contributed by atoms with E-state index in [1.165, 1.54) is 38.8 Å². The van der Waals surface area contributed by atoms with Crippen molar-refractivity contribution in [2.45, 2.75) is 25.7 Å². The Morgan fingerprint density at radius 3 is 2.00 bits per heavy atom. The Balaban J connectivity index is 2.18. The number of hydrogen-bond acceptors (Lipinski definition) is 2. The molecule has 1 aliphatic rings. The van der Waals surface area contributed by atoms with Crippen molar-refractivity contribution in [3.63, 3.8) is 0 Å². The van der Waals surface area contributed by atoms with Gasteiger partial charge in [0.25, 0.3) is 0 Å². The van der Waals surface area contributed by atoms with E-state index < -0.39 is 0 Å². The summed E-state index contributed by atoms with van der Waals surface area (Å²) in [4.78, 5) is 2.33. The Kier molecular flexibility index (Phi) is 3.01. The lowest BCUT2D eigenvalue weighted by Gasteiger charge is -2.15. The molecule has 2 N–H and O–H groups in total. The van der Waals surface area contributed by atoms with Crippen LogP contribution in [0.15, 0.2) is 0 Å². The number of rotatable bonds is 1. The van der Waals surface area contributed by atoms with Gasteiger partial charge in [0.05, 0.1) is 0 Å². The average Bonchev–Trinajstić information content (AvgIpc) is 2.13. The van der Waals surface area contributed by atoms with Gasteiger partial charge in [-0.3, -0.25) is 4.90 Å². The maximum Gasteiger partial charge on any atom is 0.0455 e. The minimum absolute atomic E-state index is 0.750. The number of nitrogens with zero attached hydrogens (tertiary/aromatic N) is 1. The molecule has 0 aromatic heterocycles. The number of likely N-dealkylation sites (tertiary alicyclic amines) is 1. The lowest BCUT2D eigenvalue weighted by Crippen LogP contribution is -2.30. The van der Waals surface area contributed by atoms with E-state index in [0.717, 1.165) is 6.67 Å². The van der Waals surface area contributed by atoms with Crippen molar-refractivity contribution in [3.05, 3.63) is 0 Å². The van der Waals surface area contributed by atoms with Gasteiger partial charge in [-0.1, -0.05) is 12.8 Å². The Morgan fingerprint density at radius 1 is 1.00 bits per heavy atom. The lowest BCUT2D eigenvalue weighted by atomic mass is 10.2. The fraction of sp³-hybridized carbons (Fsp3) is 1.00. The fourth-order valence-corrected chi connectivity index (χ4v) is 1.32. The molecule has 2 nitrogen and oxygen atoms in total. The molecule has 0 bridgehead atoms. The van der Waals surface area contributed by atoms with Crippen LogP contribution in [-0.2, 0) is 0 Å². The summed E-state index contributed by atoms with van der Waals surface area (Å²) < 4.78 is 0. The zero-order valence-electron chi connectivity index (χ0n) is 5.97. The highest BCUT2D eigenvalue weighted by molar-refractivity contribution is 4.60. The second-order valence-corrected chi connectivity index (χ2v) is 2.71. The zero-order valence-corrected chi connectivity index (χ0v) is 5.97. The second-order valence-electron chi connectivity index (χ2n) is 2.71. The predicted octanol–water partition coefficient (Wildman–Crippen LogP) is 0.779. The van der Waals surface area contributed by atoms with Gasteiger partial charge in [0.15, 0.2) is 0 Å². The van der Waals surface area contributed by atoms with Crippen LogP contribution in [0.2, 0.25) is 0 Å². The van der Waals surface area contributed by atoms with E-state index >= 15 is 0 Å². The summed E-state index contributed by atoms with van der Waals surface area (Å²) >= 11 is 0. The van der Waals surface area contributed by atoms with Gasteiger partial charge in [-0.25, -0.2) is 0 Å². The first-order chi connectivity index (χ1) is 4.43. The van der Waals surface area contributed by atoms with Gasteiger partial charge < -0.3 is 5.73 Å². The van der Waals surface area contributed by atoms with Gasteiger partial charge in [0, 0.05) is 6.67 Å². The molecular weight excluding hydrogens is 112 g/mol. The van der Waals surface area contributed by atoms with Crippen molar-refractivity contribution in [1.82, 2.24) is 4.90 Å². The smallest absolute Gasteiger partial charge is 0.0455 e. The lowest BCUT2D eigenvalue weighted by molar-refractivity contribution is 0.294. The molecule has 1 aliphatic heterocycles. The molecule has 0 radical (unpaired) electrons. The van der Waals surface area contributed by atoms with Crippen LogP contribution in [0.5, 0.6) is 0 Å². The summed E-state index contributed by atoms with van der Waals surface area (Å²) in [6.07, 6.45) is 5.49.